The van der Waals surface area contributed by atoms with Crippen LogP contribution in [0.15, 0.2) is 46.3 Å². The number of amidine groups is 1. The van der Waals surface area contributed by atoms with Crippen molar-refractivity contribution in [2.24, 2.45) is 4.99 Å². The standard InChI is InChI=1S/C21H21ClN2O3S/c1-4-26-17-10-9-14(11-18(17)27-5-2)12-19-20(25)24-21(28-19)23-16-8-6-7-15(22)13(16)3/h6-12H,4-5H2,1-3H3,(H,23,24,25)/b19-12-. The van der Waals surface area contributed by atoms with Gasteiger partial charge in [0.15, 0.2) is 16.7 Å². The van der Waals surface area contributed by atoms with Crippen molar-refractivity contribution in [1.29, 1.82) is 0 Å². The van der Waals surface area contributed by atoms with Crippen LogP contribution in [0.3, 0.4) is 0 Å². The summed E-state index contributed by atoms with van der Waals surface area (Å²) >= 11 is 7.43. The van der Waals surface area contributed by atoms with Crippen molar-refractivity contribution >= 4 is 46.2 Å². The Morgan fingerprint density at radius 1 is 1.14 bits per heavy atom. The van der Waals surface area contributed by atoms with Crippen molar-refractivity contribution in [3.8, 4) is 11.5 Å². The van der Waals surface area contributed by atoms with Crippen molar-refractivity contribution in [3.63, 3.8) is 0 Å². The molecule has 0 aliphatic carbocycles. The van der Waals surface area contributed by atoms with Crippen LogP contribution < -0.4 is 14.8 Å². The lowest BCUT2D eigenvalue weighted by atomic mass is 10.2. The third-order valence-electron chi connectivity index (χ3n) is 3.98. The van der Waals surface area contributed by atoms with E-state index in [2.05, 4.69) is 10.3 Å². The molecule has 2 aromatic rings. The molecule has 0 atom stereocenters. The molecular weight excluding hydrogens is 396 g/mol. The number of hydrogen-bond donors (Lipinski definition) is 1. The smallest absolute Gasteiger partial charge is 0.264 e. The summed E-state index contributed by atoms with van der Waals surface area (Å²) in [6.07, 6.45) is 1.81. The fourth-order valence-corrected chi connectivity index (χ4v) is 3.62. The van der Waals surface area contributed by atoms with Gasteiger partial charge in [0, 0.05) is 5.02 Å². The maximum atomic E-state index is 12.3. The number of halogens is 1. The van der Waals surface area contributed by atoms with Gasteiger partial charge < -0.3 is 14.8 Å². The molecule has 1 amide bonds. The second-order valence-corrected chi connectivity index (χ2v) is 7.38. The van der Waals surface area contributed by atoms with E-state index in [1.807, 2.05) is 63.2 Å². The number of amides is 1. The fourth-order valence-electron chi connectivity index (χ4n) is 2.62. The van der Waals surface area contributed by atoms with Crippen molar-refractivity contribution in [1.82, 2.24) is 5.32 Å². The molecule has 0 saturated carbocycles. The number of thioether (sulfide) groups is 1. The largest absolute Gasteiger partial charge is 0.490 e. The van der Waals surface area contributed by atoms with Gasteiger partial charge in [-0.15, -0.1) is 0 Å². The van der Waals surface area contributed by atoms with Crippen LogP contribution in [-0.4, -0.2) is 24.3 Å². The summed E-state index contributed by atoms with van der Waals surface area (Å²) in [6, 6.07) is 11.1. The Kier molecular flexibility index (Phi) is 6.65. The normalized spacial score (nSPS) is 16.5. The summed E-state index contributed by atoms with van der Waals surface area (Å²) in [6.45, 7) is 6.83. The average Bonchev–Trinajstić information content (AvgIpc) is 3.00. The highest BCUT2D eigenvalue weighted by atomic mass is 35.5. The maximum absolute atomic E-state index is 12.3. The van der Waals surface area contributed by atoms with Crippen molar-refractivity contribution in [3.05, 3.63) is 57.5 Å². The zero-order valence-corrected chi connectivity index (χ0v) is 17.5. The quantitative estimate of drug-likeness (QED) is 0.646. The lowest BCUT2D eigenvalue weighted by molar-refractivity contribution is -0.115. The fraction of sp³-hybridized carbons (Fsp3) is 0.238. The Morgan fingerprint density at radius 3 is 2.64 bits per heavy atom. The Bertz CT molecular complexity index is 957. The molecule has 5 nitrogen and oxygen atoms in total. The zero-order valence-electron chi connectivity index (χ0n) is 15.9. The summed E-state index contributed by atoms with van der Waals surface area (Å²) in [5.74, 6) is 1.16. The van der Waals surface area contributed by atoms with Crippen LogP contribution in [0.4, 0.5) is 5.69 Å². The van der Waals surface area contributed by atoms with Gasteiger partial charge in [-0.1, -0.05) is 23.7 Å². The number of carbonyl (C=O) groups is 1. The van der Waals surface area contributed by atoms with E-state index >= 15 is 0 Å². The Hall–Kier alpha value is -2.44. The zero-order chi connectivity index (χ0) is 20.1. The van der Waals surface area contributed by atoms with E-state index in [1.54, 1.807) is 0 Å². The monoisotopic (exact) mass is 416 g/mol. The molecule has 0 aromatic heterocycles. The van der Waals surface area contributed by atoms with Gasteiger partial charge >= 0.3 is 0 Å². The highest BCUT2D eigenvalue weighted by molar-refractivity contribution is 8.18. The molecule has 7 heteroatoms. The van der Waals surface area contributed by atoms with Crippen molar-refractivity contribution in [2.45, 2.75) is 20.8 Å². The van der Waals surface area contributed by atoms with Crippen molar-refractivity contribution < 1.29 is 14.3 Å². The first kappa shape index (κ1) is 20.3. The second kappa shape index (κ2) is 9.17. The number of aliphatic imine (C=N–C) groups is 1. The lowest BCUT2D eigenvalue weighted by Crippen LogP contribution is -2.19. The van der Waals surface area contributed by atoms with E-state index in [0.717, 1.165) is 16.8 Å². The van der Waals surface area contributed by atoms with Gasteiger partial charge in [0.1, 0.15) is 0 Å². The van der Waals surface area contributed by atoms with Gasteiger partial charge in [-0.05, 0) is 74.0 Å². The minimum atomic E-state index is -0.185. The Morgan fingerprint density at radius 2 is 1.89 bits per heavy atom. The minimum Gasteiger partial charge on any atom is -0.490 e. The van der Waals surface area contributed by atoms with E-state index in [4.69, 9.17) is 21.1 Å². The van der Waals surface area contributed by atoms with Crippen molar-refractivity contribution in [2.75, 3.05) is 13.2 Å². The molecule has 1 N–H and O–H groups in total. The summed E-state index contributed by atoms with van der Waals surface area (Å²) in [5, 5.41) is 3.97. The van der Waals surface area contributed by atoms with Crippen LogP contribution in [0.5, 0.6) is 11.5 Å². The average molecular weight is 417 g/mol. The maximum Gasteiger partial charge on any atom is 0.264 e. The number of ether oxygens (including phenoxy) is 2. The van der Waals surface area contributed by atoms with Crippen LogP contribution in [0.25, 0.3) is 6.08 Å². The number of nitrogens with zero attached hydrogens (tertiary/aromatic N) is 1. The van der Waals surface area contributed by atoms with E-state index in [9.17, 15) is 4.79 Å². The van der Waals surface area contributed by atoms with E-state index in [-0.39, 0.29) is 5.91 Å². The molecule has 0 bridgehead atoms. The first-order valence-electron chi connectivity index (χ1n) is 8.96. The first-order chi connectivity index (χ1) is 13.5. The highest BCUT2D eigenvalue weighted by Gasteiger charge is 2.24. The number of benzene rings is 2. The van der Waals surface area contributed by atoms with Gasteiger partial charge in [-0.2, -0.15) is 0 Å². The third-order valence-corrected chi connectivity index (χ3v) is 5.30. The third kappa shape index (κ3) is 4.69. The molecule has 3 rings (SSSR count). The summed E-state index contributed by atoms with van der Waals surface area (Å²) in [4.78, 5) is 17.4. The number of rotatable bonds is 6. The molecule has 1 saturated heterocycles. The molecule has 28 heavy (non-hydrogen) atoms. The van der Waals surface area contributed by atoms with E-state index in [0.29, 0.717) is 39.8 Å². The first-order valence-corrected chi connectivity index (χ1v) is 10.2. The van der Waals surface area contributed by atoms with E-state index in [1.165, 1.54) is 11.8 Å². The summed E-state index contributed by atoms with van der Waals surface area (Å²) < 4.78 is 11.2. The van der Waals surface area contributed by atoms with Crippen LogP contribution in [0, 0.1) is 6.92 Å². The molecule has 1 aliphatic heterocycles. The molecule has 0 spiro atoms. The molecule has 146 valence electrons. The SMILES string of the molecule is CCOc1ccc(/C=C2\SC(=Nc3cccc(Cl)c3C)NC2=O)cc1OCC. The molecule has 1 aliphatic rings. The molecule has 1 heterocycles. The van der Waals surface area contributed by atoms with Gasteiger partial charge in [-0.3, -0.25) is 4.79 Å². The van der Waals surface area contributed by atoms with Crippen LogP contribution in [-0.2, 0) is 4.79 Å². The van der Waals surface area contributed by atoms with Gasteiger partial charge in [-0.25, -0.2) is 4.99 Å². The molecule has 2 aromatic carbocycles. The van der Waals surface area contributed by atoms with Gasteiger partial charge in [0.2, 0.25) is 0 Å². The highest BCUT2D eigenvalue weighted by Crippen LogP contribution is 2.33. The Balaban J connectivity index is 1.85. The molecule has 0 radical (unpaired) electrons. The summed E-state index contributed by atoms with van der Waals surface area (Å²) in [5.41, 5.74) is 2.46. The molecule has 0 unspecified atom stereocenters. The minimum absolute atomic E-state index is 0.185. The van der Waals surface area contributed by atoms with Crippen LogP contribution in [0.1, 0.15) is 25.0 Å². The van der Waals surface area contributed by atoms with Gasteiger partial charge in [0.25, 0.3) is 5.91 Å². The predicted octanol–water partition coefficient (Wildman–Crippen LogP) is 5.34. The molecular formula is C21H21ClN2O3S. The topological polar surface area (TPSA) is 59.9 Å². The summed E-state index contributed by atoms with van der Waals surface area (Å²) in [7, 11) is 0. The van der Waals surface area contributed by atoms with Gasteiger partial charge in [0.05, 0.1) is 23.8 Å². The van der Waals surface area contributed by atoms with E-state index < -0.39 is 0 Å². The lowest BCUT2D eigenvalue weighted by Gasteiger charge is -2.11. The Labute approximate surface area is 173 Å². The molecule has 1 fully saturated rings. The van der Waals surface area contributed by atoms with Crippen LogP contribution >= 0.6 is 23.4 Å². The second-order valence-electron chi connectivity index (χ2n) is 5.94. The number of carbonyl (C=O) groups excluding carboxylic acids is 1. The van der Waals surface area contributed by atoms with Crippen LogP contribution in [0.2, 0.25) is 5.02 Å². The predicted molar refractivity (Wildman–Crippen MR) is 116 cm³/mol. The number of nitrogens with one attached hydrogen (secondary N) is 1. The number of hydrogen-bond acceptors (Lipinski definition) is 5.